The van der Waals surface area contributed by atoms with Crippen molar-refractivity contribution in [2.45, 2.75) is 43.6 Å². The van der Waals surface area contributed by atoms with Gasteiger partial charge in [0, 0.05) is 40.1 Å². The highest BCUT2D eigenvalue weighted by Gasteiger charge is 2.43. The highest BCUT2D eigenvalue weighted by molar-refractivity contribution is 7.98. The van der Waals surface area contributed by atoms with Crippen LogP contribution in [0.15, 0.2) is 52.8 Å². The third-order valence-electron chi connectivity index (χ3n) is 6.66. The molecule has 1 aromatic heterocycles. The Bertz CT molecular complexity index is 1400. The number of allylic oxidation sites excluding steroid dienone is 2. The van der Waals surface area contributed by atoms with Crippen LogP contribution in [0.25, 0.3) is 0 Å². The van der Waals surface area contributed by atoms with Crippen molar-refractivity contribution in [3.8, 4) is 17.2 Å². The summed E-state index contributed by atoms with van der Waals surface area (Å²) in [6, 6.07) is 10.8. The zero-order valence-electron chi connectivity index (χ0n) is 21.4. The first-order valence-corrected chi connectivity index (χ1v) is 13.3. The molecule has 5 rings (SSSR count). The molecule has 0 radical (unpaired) electrons. The van der Waals surface area contributed by atoms with Crippen LogP contribution in [-0.4, -0.2) is 41.9 Å². The van der Waals surface area contributed by atoms with Gasteiger partial charge in [-0.1, -0.05) is 55.4 Å². The van der Waals surface area contributed by atoms with Crippen LogP contribution in [0.5, 0.6) is 17.2 Å². The molecule has 2 aliphatic rings. The molecule has 2 heterocycles. The molecule has 2 aromatic carbocycles. The van der Waals surface area contributed by atoms with Gasteiger partial charge in [-0.15, -0.1) is 5.10 Å². The Balaban J connectivity index is 1.62. The van der Waals surface area contributed by atoms with Gasteiger partial charge in [0.15, 0.2) is 17.3 Å². The van der Waals surface area contributed by atoms with E-state index in [2.05, 4.69) is 19.2 Å². The van der Waals surface area contributed by atoms with Gasteiger partial charge in [0.2, 0.25) is 11.1 Å². The maximum absolute atomic E-state index is 13.6. The predicted molar refractivity (Wildman–Crippen MR) is 144 cm³/mol. The van der Waals surface area contributed by atoms with Crippen molar-refractivity contribution in [2.24, 2.45) is 5.41 Å². The summed E-state index contributed by atoms with van der Waals surface area (Å²) < 4.78 is 18.6. The van der Waals surface area contributed by atoms with E-state index in [0.29, 0.717) is 51.1 Å². The fourth-order valence-electron chi connectivity index (χ4n) is 4.96. The summed E-state index contributed by atoms with van der Waals surface area (Å²) in [5.74, 6) is 2.92. The standard InChI is InChI=1S/C27H29ClN4O4S/c1-27(2)12-18-23(19(33)13-27)24(16-10-21(35-4)22(36-5)11-20(16)34-3)32-25(29-18)30-26(31-32)37-14-15-8-6-7-9-17(15)28/h6-11,24H,12-14H2,1-5H3,(H,29,30,31). The number of aromatic nitrogens is 3. The molecule has 8 nitrogen and oxygen atoms in total. The number of ketones is 1. The minimum atomic E-state index is -0.535. The fraction of sp³-hybridized carbons (Fsp3) is 0.370. The number of benzene rings is 2. The second-order valence-electron chi connectivity index (χ2n) is 9.85. The molecule has 0 spiro atoms. The Morgan fingerprint density at radius 2 is 1.78 bits per heavy atom. The lowest BCUT2D eigenvalue weighted by atomic mass is 9.73. The Labute approximate surface area is 225 Å². The lowest BCUT2D eigenvalue weighted by Crippen LogP contribution is -2.36. The molecule has 1 unspecified atom stereocenters. The third-order valence-corrected chi connectivity index (χ3v) is 7.91. The Morgan fingerprint density at radius 1 is 1.08 bits per heavy atom. The Kier molecular flexibility index (Phi) is 6.85. The monoisotopic (exact) mass is 540 g/mol. The van der Waals surface area contributed by atoms with Crippen LogP contribution in [0, 0.1) is 5.41 Å². The van der Waals surface area contributed by atoms with Crippen molar-refractivity contribution in [1.82, 2.24) is 14.8 Å². The molecule has 0 saturated heterocycles. The quantitative estimate of drug-likeness (QED) is 0.370. The number of anilines is 1. The molecule has 194 valence electrons. The van der Waals surface area contributed by atoms with E-state index < -0.39 is 6.04 Å². The van der Waals surface area contributed by atoms with Crippen LogP contribution in [0.3, 0.4) is 0 Å². The maximum Gasteiger partial charge on any atom is 0.227 e. The number of methoxy groups -OCH3 is 3. The fourth-order valence-corrected chi connectivity index (χ4v) is 6.08. The van der Waals surface area contributed by atoms with E-state index in [9.17, 15) is 4.79 Å². The van der Waals surface area contributed by atoms with Gasteiger partial charge in [0.25, 0.3) is 0 Å². The highest BCUT2D eigenvalue weighted by Crippen LogP contribution is 2.49. The summed E-state index contributed by atoms with van der Waals surface area (Å²) >= 11 is 7.84. The van der Waals surface area contributed by atoms with Crippen LogP contribution >= 0.6 is 23.4 Å². The van der Waals surface area contributed by atoms with Gasteiger partial charge in [-0.3, -0.25) is 4.79 Å². The lowest BCUT2D eigenvalue weighted by Gasteiger charge is -2.38. The van der Waals surface area contributed by atoms with E-state index in [1.165, 1.54) is 11.8 Å². The molecule has 0 bridgehead atoms. The summed E-state index contributed by atoms with van der Waals surface area (Å²) in [5, 5.41) is 9.54. The normalized spacial score (nSPS) is 18.1. The first-order chi connectivity index (χ1) is 17.7. The molecule has 1 aliphatic heterocycles. The minimum absolute atomic E-state index is 0.0759. The van der Waals surface area contributed by atoms with Crippen molar-refractivity contribution in [1.29, 1.82) is 0 Å². The van der Waals surface area contributed by atoms with E-state index in [-0.39, 0.29) is 11.2 Å². The van der Waals surface area contributed by atoms with Crippen LogP contribution < -0.4 is 19.5 Å². The first kappa shape index (κ1) is 25.5. The summed E-state index contributed by atoms with van der Waals surface area (Å²) in [6.45, 7) is 4.21. The number of nitrogens with zero attached hydrogens (tertiary/aromatic N) is 3. The number of Topliss-reactive ketones (excluding diaryl/α,β-unsaturated/α-hetero) is 1. The molecule has 1 N–H and O–H groups in total. The topological polar surface area (TPSA) is 87.5 Å². The van der Waals surface area contributed by atoms with E-state index in [1.54, 1.807) is 32.1 Å². The second kappa shape index (κ2) is 9.95. The highest BCUT2D eigenvalue weighted by atomic mass is 35.5. The number of fused-ring (bicyclic) bond motifs is 1. The largest absolute Gasteiger partial charge is 0.496 e. The van der Waals surface area contributed by atoms with Crippen LogP contribution in [-0.2, 0) is 10.5 Å². The summed E-state index contributed by atoms with van der Waals surface area (Å²) in [4.78, 5) is 18.4. The smallest absolute Gasteiger partial charge is 0.227 e. The number of thioether (sulfide) groups is 1. The zero-order valence-corrected chi connectivity index (χ0v) is 23.0. The predicted octanol–water partition coefficient (Wildman–Crippen LogP) is 5.91. The van der Waals surface area contributed by atoms with Crippen molar-refractivity contribution in [3.05, 3.63) is 63.8 Å². The van der Waals surface area contributed by atoms with E-state index in [4.69, 9.17) is 35.9 Å². The van der Waals surface area contributed by atoms with E-state index >= 15 is 0 Å². The van der Waals surface area contributed by atoms with Crippen LogP contribution in [0.4, 0.5) is 5.95 Å². The summed E-state index contributed by atoms with van der Waals surface area (Å²) in [6.07, 6.45) is 1.16. The van der Waals surface area contributed by atoms with Gasteiger partial charge < -0.3 is 19.5 Å². The molecule has 3 aromatic rings. The van der Waals surface area contributed by atoms with Crippen LogP contribution in [0.1, 0.15) is 43.9 Å². The Hall–Kier alpha value is -3.17. The van der Waals surface area contributed by atoms with E-state index in [1.807, 2.05) is 30.3 Å². The van der Waals surface area contributed by atoms with Gasteiger partial charge in [-0.2, -0.15) is 4.98 Å². The molecule has 0 fully saturated rings. The molecule has 1 atom stereocenters. The number of hydrogen-bond acceptors (Lipinski definition) is 8. The summed E-state index contributed by atoms with van der Waals surface area (Å²) in [7, 11) is 4.76. The molecule has 0 amide bonds. The lowest BCUT2D eigenvalue weighted by molar-refractivity contribution is -0.118. The zero-order chi connectivity index (χ0) is 26.3. The molecule has 0 saturated carbocycles. The van der Waals surface area contributed by atoms with Gasteiger partial charge >= 0.3 is 0 Å². The number of hydrogen-bond donors (Lipinski definition) is 1. The van der Waals surface area contributed by atoms with Crippen molar-refractivity contribution >= 4 is 35.1 Å². The number of rotatable bonds is 7. The summed E-state index contributed by atoms with van der Waals surface area (Å²) in [5.41, 5.74) is 3.12. The van der Waals surface area contributed by atoms with Crippen molar-refractivity contribution in [3.63, 3.8) is 0 Å². The van der Waals surface area contributed by atoms with Crippen LogP contribution in [0.2, 0.25) is 5.02 Å². The molecular weight excluding hydrogens is 512 g/mol. The van der Waals surface area contributed by atoms with Gasteiger partial charge in [0.05, 0.1) is 21.3 Å². The Morgan fingerprint density at radius 3 is 2.49 bits per heavy atom. The van der Waals surface area contributed by atoms with Crippen molar-refractivity contribution in [2.75, 3.05) is 26.6 Å². The third kappa shape index (κ3) is 4.78. The SMILES string of the molecule is COc1cc(OC)c(C2C3=C(CC(C)(C)CC3=O)Nc3nc(SCc4ccccc4Cl)nn32)cc1OC. The number of carbonyl (C=O) groups is 1. The van der Waals surface area contributed by atoms with Gasteiger partial charge in [-0.25, -0.2) is 4.68 Å². The number of halogens is 1. The molecule has 1 aliphatic carbocycles. The number of nitrogens with one attached hydrogen (secondary N) is 1. The van der Waals surface area contributed by atoms with Gasteiger partial charge in [-0.05, 0) is 29.5 Å². The number of carbonyl (C=O) groups excluding carboxylic acids is 1. The minimum Gasteiger partial charge on any atom is -0.496 e. The second-order valence-corrected chi connectivity index (χ2v) is 11.2. The average molecular weight is 541 g/mol. The average Bonchev–Trinajstić information content (AvgIpc) is 3.27. The first-order valence-electron chi connectivity index (χ1n) is 11.9. The van der Waals surface area contributed by atoms with E-state index in [0.717, 1.165) is 23.2 Å². The van der Waals surface area contributed by atoms with Crippen molar-refractivity contribution < 1.29 is 19.0 Å². The number of ether oxygens (including phenoxy) is 3. The molecule has 37 heavy (non-hydrogen) atoms. The van der Waals surface area contributed by atoms with Gasteiger partial charge in [0.1, 0.15) is 11.8 Å². The molecule has 10 heteroatoms. The molecular formula is C27H29ClN4O4S. The maximum atomic E-state index is 13.6.